The van der Waals surface area contributed by atoms with Crippen LogP contribution in [-0.2, 0) is 9.59 Å². The molecule has 1 aliphatic carbocycles. The molecule has 0 saturated heterocycles. The van der Waals surface area contributed by atoms with Crippen molar-refractivity contribution in [3.8, 4) is 0 Å². The maximum absolute atomic E-state index is 11.8. The maximum Gasteiger partial charge on any atom is 0.268 e. The van der Waals surface area contributed by atoms with E-state index in [1.807, 2.05) is 0 Å². The van der Waals surface area contributed by atoms with Gasteiger partial charge >= 0.3 is 0 Å². The van der Waals surface area contributed by atoms with E-state index in [-0.39, 0.29) is 18.4 Å². The molecule has 16 heavy (non-hydrogen) atoms. The lowest BCUT2D eigenvalue weighted by Crippen LogP contribution is -2.45. The average Bonchev–Trinajstić information content (AvgIpc) is 3.02. The number of amides is 2. The first kappa shape index (κ1) is 11.1. The van der Waals surface area contributed by atoms with Gasteiger partial charge in [-0.2, -0.15) is 5.10 Å². The summed E-state index contributed by atoms with van der Waals surface area (Å²) in [5.74, 6) is -0.356. The molecule has 1 saturated carbocycles. The van der Waals surface area contributed by atoms with Crippen molar-refractivity contribution in [3.05, 3.63) is 0 Å². The van der Waals surface area contributed by atoms with Gasteiger partial charge in [0.25, 0.3) is 5.91 Å². The fourth-order valence-corrected chi connectivity index (χ4v) is 1.62. The Morgan fingerprint density at radius 2 is 2.25 bits per heavy atom. The maximum atomic E-state index is 11.8. The van der Waals surface area contributed by atoms with E-state index >= 15 is 0 Å². The summed E-state index contributed by atoms with van der Waals surface area (Å²) in [6.07, 6.45) is 2.29. The number of rotatable bonds is 3. The first-order chi connectivity index (χ1) is 7.56. The molecule has 1 aliphatic heterocycles. The molecule has 0 unspecified atom stereocenters. The molecule has 1 heterocycles. The number of aliphatic hydroxyl groups is 1. The largest absolute Gasteiger partial charge is 0.394 e. The van der Waals surface area contributed by atoms with Gasteiger partial charge < -0.3 is 10.4 Å². The highest BCUT2D eigenvalue weighted by Crippen LogP contribution is 2.34. The van der Waals surface area contributed by atoms with Gasteiger partial charge in [0.1, 0.15) is 5.71 Å². The van der Waals surface area contributed by atoms with Crippen molar-refractivity contribution in [1.82, 2.24) is 10.3 Å². The number of hydrazone groups is 1. The molecule has 0 atom stereocenters. The zero-order chi connectivity index (χ0) is 11.8. The van der Waals surface area contributed by atoms with Crippen molar-refractivity contribution >= 4 is 17.5 Å². The van der Waals surface area contributed by atoms with E-state index in [2.05, 4.69) is 10.4 Å². The van der Waals surface area contributed by atoms with Crippen LogP contribution in [0, 0.1) is 0 Å². The molecule has 0 aromatic rings. The quantitative estimate of drug-likeness (QED) is 0.662. The van der Waals surface area contributed by atoms with Crippen LogP contribution in [-0.4, -0.2) is 46.8 Å². The molecular weight excluding hydrogens is 210 g/mol. The highest BCUT2D eigenvalue weighted by molar-refractivity contribution is 6.39. The highest BCUT2D eigenvalue weighted by atomic mass is 16.3. The molecule has 6 heteroatoms. The SMILES string of the molecule is CN1N=C(C(=O)NC2(CO)CC2)CCC1=O. The number of hydrogen-bond donors (Lipinski definition) is 2. The van der Waals surface area contributed by atoms with Crippen molar-refractivity contribution in [2.24, 2.45) is 5.10 Å². The van der Waals surface area contributed by atoms with Gasteiger partial charge in [0.15, 0.2) is 0 Å². The summed E-state index contributed by atoms with van der Waals surface area (Å²) < 4.78 is 0. The number of hydrogen-bond acceptors (Lipinski definition) is 4. The smallest absolute Gasteiger partial charge is 0.268 e. The van der Waals surface area contributed by atoms with E-state index in [1.54, 1.807) is 0 Å². The molecule has 0 aromatic carbocycles. The van der Waals surface area contributed by atoms with Gasteiger partial charge in [-0.05, 0) is 12.8 Å². The first-order valence-corrected chi connectivity index (χ1v) is 5.34. The molecule has 0 bridgehead atoms. The minimum atomic E-state index is -0.431. The minimum absolute atomic E-state index is 0.0409. The molecule has 2 rings (SSSR count). The van der Waals surface area contributed by atoms with Crippen LogP contribution in [0.5, 0.6) is 0 Å². The standard InChI is InChI=1S/C10H15N3O3/c1-13-8(15)3-2-7(12-13)9(16)11-10(6-14)4-5-10/h14H,2-6H2,1H3,(H,11,16). The predicted octanol–water partition coefficient (Wildman–Crippen LogP) is -0.764. The Morgan fingerprint density at radius 3 is 2.75 bits per heavy atom. The van der Waals surface area contributed by atoms with E-state index in [4.69, 9.17) is 5.11 Å². The second-order valence-electron chi connectivity index (χ2n) is 4.36. The normalized spacial score (nSPS) is 22.8. The second-order valence-corrected chi connectivity index (χ2v) is 4.36. The van der Waals surface area contributed by atoms with Gasteiger partial charge in [-0.25, -0.2) is 5.01 Å². The monoisotopic (exact) mass is 225 g/mol. The Hall–Kier alpha value is -1.43. The summed E-state index contributed by atoms with van der Waals surface area (Å²) in [6.45, 7) is -0.0409. The van der Waals surface area contributed by atoms with Crippen molar-refractivity contribution in [3.63, 3.8) is 0 Å². The third-order valence-corrected chi connectivity index (χ3v) is 3.00. The van der Waals surface area contributed by atoms with Crippen LogP contribution in [0.15, 0.2) is 5.10 Å². The van der Waals surface area contributed by atoms with Crippen molar-refractivity contribution in [2.45, 2.75) is 31.2 Å². The van der Waals surface area contributed by atoms with Gasteiger partial charge in [0.05, 0.1) is 12.1 Å². The number of carbonyl (C=O) groups is 2. The molecule has 0 radical (unpaired) electrons. The molecule has 2 N–H and O–H groups in total. The molecule has 0 aromatic heterocycles. The highest BCUT2D eigenvalue weighted by Gasteiger charge is 2.44. The van der Waals surface area contributed by atoms with E-state index in [1.165, 1.54) is 12.1 Å². The Labute approximate surface area is 93.3 Å². The van der Waals surface area contributed by atoms with Gasteiger partial charge in [0, 0.05) is 19.9 Å². The summed E-state index contributed by atoms with van der Waals surface area (Å²) in [6, 6.07) is 0. The summed E-state index contributed by atoms with van der Waals surface area (Å²) in [5.41, 5.74) is -0.0681. The average molecular weight is 225 g/mol. The lowest BCUT2D eigenvalue weighted by molar-refractivity contribution is -0.130. The molecule has 1 fully saturated rings. The summed E-state index contributed by atoms with van der Waals surface area (Å²) in [5, 5.41) is 17.0. The molecular formula is C10H15N3O3. The molecule has 0 spiro atoms. The fourth-order valence-electron chi connectivity index (χ4n) is 1.62. The van der Waals surface area contributed by atoms with Gasteiger partial charge in [-0.15, -0.1) is 0 Å². The lowest BCUT2D eigenvalue weighted by Gasteiger charge is -2.21. The molecule has 88 valence electrons. The summed E-state index contributed by atoms with van der Waals surface area (Å²) in [4.78, 5) is 22.9. The van der Waals surface area contributed by atoms with Crippen LogP contribution < -0.4 is 5.32 Å². The zero-order valence-corrected chi connectivity index (χ0v) is 9.19. The Morgan fingerprint density at radius 1 is 1.56 bits per heavy atom. The van der Waals surface area contributed by atoms with Gasteiger partial charge in [-0.1, -0.05) is 0 Å². The van der Waals surface area contributed by atoms with E-state index in [0.717, 1.165) is 12.8 Å². The van der Waals surface area contributed by atoms with Crippen LogP contribution in [0.1, 0.15) is 25.7 Å². The third kappa shape index (κ3) is 2.06. The molecule has 6 nitrogen and oxygen atoms in total. The van der Waals surface area contributed by atoms with Gasteiger partial charge in [0.2, 0.25) is 5.91 Å². The number of carbonyl (C=O) groups excluding carboxylic acids is 2. The number of nitrogens with one attached hydrogen (secondary N) is 1. The van der Waals surface area contributed by atoms with Gasteiger partial charge in [-0.3, -0.25) is 9.59 Å². The lowest BCUT2D eigenvalue weighted by atomic mass is 10.1. The van der Waals surface area contributed by atoms with E-state index in [0.29, 0.717) is 18.6 Å². The Kier molecular flexibility index (Phi) is 2.67. The van der Waals surface area contributed by atoms with Crippen LogP contribution in [0.25, 0.3) is 0 Å². The summed E-state index contributed by atoms with van der Waals surface area (Å²) >= 11 is 0. The van der Waals surface area contributed by atoms with Crippen LogP contribution in [0.2, 0.25) is 0 Å². The number of nitrogens with zero attached hydrogens (tertiary/aromatic N) is 2. The zero-order valence-electron chi connectivity index (χ0n) is 9.19. The predicted molar refractivity (Wildman–Crippen MR) is 56.6 cm³/mol. The van der Waals surface area contributed by atoms with Crippen molar-refractivity contribution < 1.29 is 14.7 Å². The summed E-state index contributed by atoms with van der Waals surface area (Å²) in [7, 11) is 1.54. The van der Waals surface area contributed by atoms with Crippen LogP contribution in [0.4, 0.5) is 0 Å². The fraction of sp³-hybridized carbons (Fsp3) is 0.700. The van der Waals surface area contributed by atoms with Crippen LogP contribution in [0.3, 0.4) is 0 Å². The van der Waals surface area contributed by atoms with Crippen molar-refractivity contribution in [2.75, 3.05) is 13.7 Å². The molecule has 2 aliphatic rings. The van der Waals surface area contributed by atoms with E-state index in [9.17, 15) is 9.59 Å². The minimum Gasteiger partial charge on any atom is -0.394 e. The first-order valence-electron chi connectivity index (χ1n) is 5.34. The van der Waals surface area contributed by atoms with E-state index < -0.39 is 5.54 Å². The third-order valence-electron chi connectivity index (χ3n) is 3.00. The van der Waals surface area contributed by atoms with Crippen LogP contribution >= 0.6 is 0 Å². The second kappa shape index (κ2) is 3.86. The molecule has 2 amide bonds. The Bertz CT molecular complexity index is 360. The Balaban J connectivity index is 2.00. The topological polar surface area (TPSA) is 82.0 Å². The van der Waals surface area contributed by atoms with Crippen molar-refractivity contribution in [1.29, 1.82) is 0 Å². The number of aliphatic hydroxyl groups excluding tert-OH is 1.